The zero-order valence-electron chi connectivity index (χ0n) is 15.5. The van der Waals surface area contributed by atoms with Crippen LogP contribution in [0.4, 0.5) is 4.39 Å². The third-order valence-electron chi connectivity index (χ3n) is 4.47. The summed E-state index contributed by atoms with van der Waals surface area (Å²) < 4.78 is 22.9. The van der Waals surface area contributed by atoms with E-state index in [0.717, 1.165) is 16.9 Å². The van der Waals surface area contributed by atoms with Crippen molar-refractivity contribution in [1.82, 2.24) is 24.4 Å². The van der Waals surface area contributed by atoms with E-state index in [1.807, 2.05) is 41.8 Å². The number of nitrogen functional groups attached to an aromatic ring is 1. The molecule has 0 saturated heterocycles. The van der Waals surface area contributed by atoms with E-state index in [4.69, 9.17) is 10.6 Å². The summed E-state index contributed by atoms with van der Waals surface area (Å²) in [7, 11) is 1.60. The lowest BCUT2D eigenvalue weighted by molar-refractivity contribution is 0.416. The number of hydrogen-bond donors (Lipinski definition) is 1. The van der Waals surface area contributed by atoms with Crippen LogP contribution in [0, 0.1) is 5.82 Å². The van der Waals surface area contributed by atoms with E-state index in [2.05, 4.69) is 15.2 Å². The molecule has 0 aliphatic heterocycles. The normalized spacial score (nSPS) is 11.2. The lowest BCUT2D eigenvalue weighted by Gasteiger charge is -2.08. The standard InChI is InChI=1S/C19H19FN6OS/c1-3-25-14-9-6-8-13(20)17(14)22-16(25)11-28-19-24-23-18(26(19)21)12-7-4-5-10-15(12)27-2/h4-10H,3,11,21H2,1-2H3. The van der Waals surface area contributed by atoms with E-state index < -0.39 is 0 Å². The Hall–Kier alpha value is -3.07. The second-order valence-corrected chi connectivity index (χ2v) is 6.99. The van der Waals surface area contributed by atoms with Crippen molar-refractivity contribution in [2.45, 2.75) is 24.4 Å². The minimum atomic E-state index is -0.323. The van der Waals surface area contributed by atoms with Gasteiger partial charge in [0.25, 0.3) is 0 Å². The molecule has 2 aromatic carbocycles. The highest BCUT2D eigenvalue weighted by Crippen LogP contribution is 2.30. The Kier molecular flexibility index (Phi) is 4.91. The maximum Gasteiger partial charge on any atom is 0.210 e. The van der Waals surface area contributed by atoms with E-state index in [0.29, 0.717) is 34.5 Å². The highest BCUT2D eigenvalue weighted by molar-refractivity contribution is 7.98. The number of aryl methyl sites for hydroxylation is 1. The Bertz CT molecular complexity index is 1140. The van der Waals surface area contributed by atoms with Crippen molar-refractivity contribution in [2.24, 2.45) is 0 Å². The third kappa shape index (κ3) is 3.07. The van der Waals surface area contributed by atoms with Gasteiger partial charge in [-0.3, -0.25) is 0 Å². The fourth-order valence-corrected chi connectivity index (χ4v) is 3.94. The van der Waals surface area contributed by atoms with E-state index in [-0.39, 0.29) is 5.82 Å². The van der Waals surface area contributed by atoms with E-state index in [1.165, 1.54) is 22.5 Å². The molecule has 0 aliphatic rings. The SMILES string of the molecule is CCn1c(CSc2nnc(-c3ccccc3OC)n2N)nc2c(F)cccc21. The molecule has 0 radical (unpaired) electrons. The number of aromatic nitrogens is 5. The molecule has 0 bridgehead atoms. The zero-order valence-corrected chi connectivity index (χ0v) is 16.3. The highest BCUT2D eigenvalue weighted by Gasteiger charge is 2.18. The lowest BCUT2D eigenvalue weighted by atomic mass is 10.2. The van der Waals surface area contributed by atoms with Gasteiger partial charge in [0, 0.05) is 6.54 Å². The van der Waals surface area contributed by atoms with Gasteiger partial charge in [-0.05, 0) is 31.2 Å². The van der Waals surface area contributed by atoms with Gasteiger partial charge in [-0.25, -0.2) is 14.1 Å². The van der Waals surface area contributed by atoms with Gasteiger partial charge in [0.05, 0.1) is 23.9 Å². The minimum absolute atomic E-state index is 0.323. The van der Waals surface area contributed by atoms with Crippen LogP contribution in [0.2, 0.25) is 0 Å². The predicted molar refractivity (Wildman–Crippen MR) is 107 cm³/mol. The van der Waals surface area contributed by atoms with Crippen molar-refractivity contribution < 1.29 is 9.13 Å². The molecular weight excluding hydrogens is 379 g/mol. The number of benzene rings is 2. The Balaban J connectivity index is 1.63. The summed E-state index contributed by atoms with van der Waals surface area (Å²) in [6.45, 7) is 2.70. The average molecular weight is 398 g/mol. The van der Waals surface area contributed by atoms with E-state index in [1.54, 1.807) is 13.2 Å². The van der Waals surface area contributed by atoms with Crippen molar-refractivity contribution in [3.05, 3.63) is 54.1 Å². The summed E-state index contributed by atoms with van der Waals surface area (Å²) in [5, 5.41) is 8.94. The molecule has 4 rings (SSSR count). The van der Waals surface area contributed by atoms with Gasteiger partial charge in [-0.1, -0.05) is 30.0 Å². The van der Waals surface area contributed by atoms with Crippen LogP contribution in [-0.2, 0) is 12.3 Å². The summed E-state index contributed by atoms with van der Waals surface area (Å²) >= 11 is 1.40. The number of halogens is 1. The molecule has 0 aliphatic carbocycles. The van der Waals surface area contributed by atoms with Crippen LogP contribution in [0.1, 0.15) is 12.7 Å². The first-order valence-corrected chi connectivity index (χ1v) is 9.73. The van der Waals surface area contributed by atoms with Crippen LogP contribution in [0.25, 0.3) is 22.4 Å². The Morgan fingerprint density at radius 3 is 2.75 bits per heavy atom. The average Bonchev–Trinajstić information content (AvgIpc) is 3.27. The van der Waals surface area contributed by atoms with Crippen molar-refractivity contribution >= 4 is 22.8 Å². The highest BCUT2D eigenvalue weighted by atomic mass is 32.2. The van der Waals surface area contributed by atoms with Gasteiger partial charge in [0.15, 0.2) is 11.6 Å². The summed E-state index contributed by atoms with van der Waals surface area (Å²) in [5.74, 6) is 8.32. The summed E-state index contributed by atoms with van der Waals surface area (Å²) in [6, 6.07) is 12.5. The van der Waals surface area contributed by atoms with Crippen LogP contribution in [0.15, 0.2) is 47.6 Å². The molecule has 0 fully saturated rings. The first kappa shape index (κ1) is 18.3. The lowest BCUT2D eigenvalue weighted by Crippen LogP contribution is -2.12. The molecular formula is C19H19FN6OS. The van der Waals surface area contributed by atoms with Gasteiger partial charge in [-0.15, -0.1) is 10.2 Å². The molecule has 0 amide bonds. The summed E-state index contributed by atoms with van der Waals surface area (Å²) in [5.41, 5.74) is 1.92. The van der Waals surface area contributed by atoms with Gasteiger partial charge < -0.3 is 15.1 Å². The Morgan fingerprint density at radius 1 is 1.14 bits per heavy atom. The monoisotopic (exact) mass is 398 g/mol. The second-order valence-electron chi connectivity index (χ2n) is 6.05. The molecule has 2 aromatic heterocycles. The fraction of sp³-hybridized carbons (Fsp3) is 0.211. The third-order valence-corrected chi connectivity index (χ3v) is 5.41. The number of thioether (sulfide) groups is 1. The summed E-state index contributed by atoms with van der Waals surface area (Å²) in [4.78, 5) is 4.47. The number of fused-ring (bicyclic) bond motifs is 1. The molecule has 4 aromatic rings. The van der Waals surface area contributed by atoms with Crippen molar-refractivity contribution in [3.8, 4) is 17.1 Å². The molecule has 9 heteroatoms. The topological polar surface area (TPSA) is 83.8 Å². The molecule has 0 atom stereocenters. The van der Waals surface area contributed by atoms with Crippen molar-refractivity contribution in [3.63, 3.8) is 0 Å². The van der Waals surface area contributed by atoms with Crippen LogP contribution in [-0.4, -0.2) is 31.5 Å². The summed E-state index contributed by atoms with van der Waals surface area (Å²) in [6.07, 6.45) is 0. The van der Waals surface area contributed by atoms with Gasteiger partial charge in [0.2, 0.25) is 5.16 Å². The number of rotatable bonds is 6. The number of imidazole rings is 1. The van der Waals surface area contributed by atoms with Gasteiger partial charge in [0.1, 0.15) is 17.1 Å². The van der Waals surface area contributed by atoms with E-state index >= 15 is 0 Å². The second kappa shape index (κ2) is 7.51. The zero-order chi connectivity index (χ0) is 19.7. The smallest absolute Gasteiger partial charge is 0.210 e. The molecule has 0 spiro atoms. The molecule has 144 valence electrons. The molecule has 0 unspecified atom stereocenters. The van der Waals surface area contributed by atoms with Crippen molar-refractivity contribution in [2.75, 3.05) is 13.0 Å². The molecule has 0 saturated carbocycles. The maximum atomic E-state index is 14.1. The van der Waals surface area contributed by atoms with Gasteiger partial charge >= 0.3 is 0 Å². The van der Waals surface area contributed by atoms with Crippen LogP contribution >= 0.6 is 11.8 Å². The minimum Gasteiger partial charge on any atom is -0.496 e. The Labute approximate surface area is 165 Å². The number of methoxy groups -OCH3 is 1. The maximum absolute atomic E-state index is 14.1. The number of nitrogens with two attached hydrogens (primary N) is 1. The number of hydrogen-bond acceptors (Lipinski definition) is 6. The first-order valence-electron chi connectivity index (χ1n) is 8.74. The van der Waals surface area contributed by atoms with Crippen LogP contribution in [0.3, 0.4) is 0 Å². The predicted octanol–water partition coefficient (Wildman–Crippen LogP) is 3.47. The van der Waals surface area contributed by atoms with Gasteiger partial charge in [-0.2, -0.15) is 0 Å². The number of nitrogens with zero attached hydrogens (tertiary/aromatic N) is 5. The quantitative estimate of drug-likeness (QED) is 0.396. The Morgan fingerprint density at radius 2 is 1.96 bits per heavy atom. The van der Waals surface area contributed by atoms with Crippen molar-refractivity contribution in [1.29, 1.82) is 0 Å². The molecule has 2 N–H and O–H groups in total. The molecule has 28 heavy (non-hydrogen) atoms. The van der Waals surface area contributed by atoms with Crippen LogP contribution in [0.5, 0.6) is 5.75 Å². The fourth-order valence-electron chi connectivity index (χ4n) is 3.14. The molecule has 7 nitrogen and oxygen atoms in total. The number of ether oxygens (including phenoxy) is 1. The first-order chi connectivity index (χ1) is 13.6. The number of para-hydroxylation sites is 2. The van der Waals surface area contributed by atoms with Crippen LogP contribution < -0.4 is 10.6 Å². The van der Waals surface area contributed by atoms with E-state index in [9.17, 15) is 4.39 Å². The molecule has 2 heterocycles. The largest absolute Gasteiger partial charge is 0.496 e.